The predicted octanol–water partition coefficient (Wildman–Crippen LogP) is 6.69. The zero-order valence-electron chi connectivity index (χ0n) is 19.1. The van der Waals surface area contributed by atoms with Crippen LogP contribution in [0.15, 0.2) is 48.1 Å². The van der Waals surface area contributed by atoms with Crippen molar-refractivity contribution in [3.63, 3.8) is 0 Å². The van der Waals surface area contributed by atoms with Gasteiger partial charge in [-0.1, -0.05) is 114 Å². The summed E-state index contributed by atoms with van der Waals surface area (Å²) < 4.78 is 0. The molecule has 170 valence electrons. The van der Waals surface area contributed by atoms with Crippen LogP contribution in [0.25, 0.3) is 0 Å². The highest BCUT2D eigenvalue weighted by Crippen LogP contribution is 2.41. The van der Waals surface area contributed by atoms with Crippen molar-refractivity contribution in [3.8, 4) is 0 Å². The molecule has 1 aromatic carbocycles. The molecule has 2 atom stereocenters. The molecule has 2 rings (SSSR count). The third-order valence-corrected chi connectivity index (χ3v) is 6.64. The van der Waals surface area contributed by atoms with Crippen LogP contribution < -0.4 is 0 Å². The van der Waals surface area contributed by atoms with E-state index in [2.05, 4.69) is 6.92 Å². The predicted molar refractivity (Wildman–Crippen MR) is 125 cm³/mol. The van der Waals surface area contributed by atoms with Crippen molar-refractivity contribution in [1.82, 2.24) is 0 Å². The van der Waals surface area contributed by atoms with Crippen molar-refractivity contribution in [1.29, 1.82) is 0 Å². The molecule has 1 aromatic rings. The second-order valence-electron chi connectivity index (χ2n) is 8.81. The molecule has 0 radical (unpaired) electrons. The Balaban J connectivity index is 1.85. The van der Waals surface area contributed by atoms with E-state index in [1.807, 2.05) is 24.3 Å². The van der Waals surface area contributed by atoms with Crippen LogP contribution in [0.1, 0.15) is 89.2 Å². The number of rotatable bonds is 14. The maximum atomic E-state index is 12.2. The molecule has 0 aliphatic heterocycles. The van der Waals surface area contributed by atoms with Gasteiger partial charge in [-0.05, 0) is 24.0 Å². The highest BCUT2D eigenvalue weighted by Gasteiger charge is 2.47. The number of hydrogen-bond acceptors (Lipinski definition) is 2. The zero-order valence-corrected chi connectivity index (χ0v) is 19.1. The first-order chi connectivity index (χ1) is 14.9. The molecule has 0 fully saturated rings. The van der Waals surface area contributed by atoms with Gasteiger partial charge in [-0.25, -0.2) is 4.79 Å². The summed E-state index contributed by atoms with van der Waals surface area (Å²) in [6.45, 7) is 3.92. The van der Waals surface area contributed by atoms with Crippen LogP contribution in [0, 0.1) is 5.92 Å². The average Bonchev–Trinajstić information content (AvgIpc) is 2.75. The lowest BCUT2D eigenvalue weighted by atomic mass is 9.66. The van der Waals surface area contributed by atoms with E-state index in [-0.39, 0.29) is 5.57 Å². The Hall–Kier alpha value is -2.36. The quantitative estimate of drug-likeness (QED) is 0.325. The summed E-state index contributed by atoms with van der Waals surface area (Å²) in [5.41, 5.74) is 0.602. The molecular weight excluding hydrogens is 388 g/mol. The Kier molecular flexibility index (Phi) is 10.0. The summed E-state index contributed by atoms with van der Waals surface area (Å²) in [4.78, 5) is 23.8. The number of hydrogen-bond donors (Lipinski definition) is 2. The van der Waals surface area contributed by atoms with Crippen molar-refractivity contribution < 1.29 is 19.8 Å². The molecule has 0 aromatic heterocycles. The largest absolute Gasteiger partial charge is 0.480 e. The molecule has 0 heterocycles. The molecule has 0 bridgehead atoms. The topological polar surface area (TPSA) is 74.6 Å². The Morgan fingerprint density at radius 3 is 1.94 bits per heavy atom. The summed E-state index contributed by atoms with van der Waals surface area (Å²) in [7, 11) is 0. The fraction of sp³-hybridized carbons (Fsp3) is 0.556. The van der Waals surface area contributed by atoms with Gasteiger partial charge in [0.05, 0.1) is 0 Å². The first-order valence-electron chi connectivity index (χ1n) is 11.9. The number of allylic oxidation sites excluding steroid dienone is 2. The fourth-order valence-electron chi connectivity index (χ4n) is 4.58. The monoisotopic (exact) mass is 426 g/mol. The highest BCUT2D eigenvalue weighted by atomic mass is 16.4. The number of carbonyl (C=O) groups is 2. The smallest absolute Gasteiger partial charge is 0.331 e. The molecule has 1 aliphatic carbocycles. The summed E-state index contributed by atoms with van der Waals surface area (Å²) in [6.07, 6.45) is 18.7. The average molecular weight is 427 g/mol. The number of carboxylic acids is 2. The lowest BCUT2D eigenvalue weighted by Gasteiger charge is -2.35. The number of aryl methyl sites for hydroxylation is 1. The maximum Gasteiger partial charge on any atom is 0.331 e. The van der Waals surface area contributed by atoms with Gasteiger partial charge in [0.25, 0.3) is 0 Å². The van der Waals surface area contributed by atoms with E-state index in [0.29, 0.717) is 5.56 Å². The van der Waals surface area contributed by atoms with Crippen LogP contribution in [0.3, 0.4) is 0 Å². The fourth-order valence-corrected chi connectivity index (χ4v) is 4.58. The van der Waals surface area contributed by atoms with Crippen molar-refractivity contribution in [2.45, 2.75) is 89.9 Å². The van der Waals surface area contributed by atoms with Crippen LogP contribution in [-0.2, 0) is 21.4 Å². The summed E-state index contributed by atoms with van der Waals surface area (Å²) in [5, 5.41) is 19.5. The molecule has 2 unspecified atom stereocenters. The minimum Gasteiger partial charge on any atom is -0.480 e. The molecule has 31 heavy (non-hydrogen) atoms. The van der Waals surface area contributed by atoms with Gasteiger partial charge < -0.3 is 10.2 Å². The summed E-state index contributed by atoms with van der Waals surface area (Å²) >= 11 is 0. The first kappa shape index (κ1) is 24.9. The second kappa shape index (κ2) is 12.5. The van der Waals surface area contributed by atoms with Crippen LogP contribution >= 0.6 is 0 Å². The molecule has 4 nitrogen and oxygen atoms in total. The number of benzene rings is 1. The van der Waals surface area contributed by atoms with Crippen LogP contribution in [0.4, 0.5) is 0 Å². The van der Waals surface area contributed by atoms with Crippen molar-refractivity contribution in [3.05, 3.63) is 59.2 Å². The van der Waals surface area contributed by atoms with Gasteiger partial charge in [0.1, 0.15) is 5.41 Å². The standard InChI is InChI=1S/C27H38O4/c1-3-4-5-6-7-8-9-10-11-12-14-22-16-18-23(19-17-22)27(26(30)31)20-13-15-24(21(27)2)25(28)29/h13,15-21H,3-12,14H2,1-2H3,(H,28,29)(H,30,31). The number of carboxylic acid groups (broad SMARTS) is 2. The van der Waals surface area contributed by atoms with E-state index < -0.39 is 23.3 Å². The Bertz CT molecular complexity index is 775. The van der Waals surface area contributed by atoms with Gasteiger partial charge in [0, 0.05) is 11.5 Å². The molecule has 2 N–H and O–H groups in total. The number of aliphatic carboxylic acids is 2. The molecule has 4 heteroatoms. The van der Waals surface area contributed by atoms with Gasteiger partial charge in [-0.3, -0.25) is 4.79 Å². The molecule has 1 aliphatic rings. The van der Waals surface area contributed by atoms with Gasteiger partial charge in [-0.15, -0.1) is 0 Å². The molecule has 0 spiro atoms. The minimum absolute atomic E-state index is 0.124. The van der Waals surface area contributed by atoms with Crippen LogP contribution in [0.5, 0.6) is 0 Å². The SMILES string of the molecule is CCCCCCCCCCCCc1ccc(C2(C(=O)O)C=CC=C(C(=O)O)C2C)cc1. The number of unbranched alkanes of at least 4 members (excludes halogenated alkanes) is 9. The minimum atomic E-state index is -1.35. The molecule has 0 amide bonds. The van der Waals surface area contributed by atoms with Crippen LogP contribution in [0.2, 0.25) is 0 Å². The summed E-state index contributed by atoms with van der Waals surface area (Å²) in [5.74, 6) is -2.74. The van der Waals surface area contributed by atoms with E-state index in [0.717, 1.165) is 12.8 Å². The lowest BCUT2D eigenvalue weighted by molar-refractivity contribution is -0.143. The van der Waals surface area contributed by atoms with E-state index in [9.17, 15) is 19.8 Å². The van der Waals surface area contributed by atoms with Gasteiger partial charge >= 0.3 is 11.9 Å². The van der Waals surface area contributed by atoms with Gasteiger partial charge in [0.15, 0.2) is 0 Å². The van der Waals surface area contributed by atoms with Gasteiger partial charge in [0.2, 0.25) is 0 Å². The maximum absolute atomic E-state index is 12.2. The molecule has 0 saturated carbocycles. The van der Waals surface area contributed by atoms with Gasteiger partial charge in [-0.2, -0.15) is 0 Å². The third kappa shape index (κ3) is 6.56. The zero-order chi connectivity index (χ0) is 22.7. The molecular formula is C27H38O4. The Labute approximate surface area is 187 Å². The van der Waals surface area contributed by atoms with Crippen LogP contribution in [-0.4, -0.2) is 22.2 Å². The van der Waals surface area contributed by atoms with E-state index in [1.165, 1.54) is 69.4 Å². The van der Waals surface area contributed by atoms with Crippen molar-refractivity contribution in [2.24, 2.45) is 5.92 Å². The molecule has 0 saturated heterocycles. The van der Waals surface area contributed by atoms with E-state index >= 15 is 0 Å². The second-order valence-corrected chi connectivity index (χ2v) is 8.81. The normalized spacial score (nSPS) is 20.5. The lowest BCUT2D eigenvalue weighted by Crippen LogP contribution is -2.43. The van der Waals surface area contributed by atoms with Crippen molar-refractivity contribution >= 4 is 11.9 Å². The third-order valence-electron chi connectivity index (χ3n) is 6.64. The Morgan fingerprint density at radius 2 is 1.42 bits per heavy atom. The first-order valence-corrected chi connectivity index (χ1v) is 11.9. The highest BCUT2D eigenvalue weighted by molar-refractivity contribution is 5.93. The summed E-state index contributed by atoms with van der Waals surface area (Å²) in [6, 6.07) is 7.69. The van der Waals surface area contributed by atoms with Crippen molar-refractivity contribution in [2.75, 3.05) is 0 Å². The Morgan fingerprint density at radius 1 is 0.871 bits per heavy atom. The van der Waals surface area contributed by atoms with E-state index in [1.54, 1.807) is 19.1 Å². The van der Waals surface area contributed by atoms with E-state index in [4.69, 9.17) is 0 Å².